The lowest BCUT2D eigenvalue weighted by molar-refractivity contribution is -0.130. The van der Waals surface area contributed by atoms with Gasteiger partial charge in [0.2, 0.25) is 5.91 Å². The van der Waals surface area contributed by atoms with Crippen molar-refractivity contribution in [2.75, 3.05) is 20.3 Å². The van der Waals surface area contributed by atoms with Crippen LogP contribution in [0.1, 0.15) is 32.6 Å². The van der Waals surface area contributed by atoms with Gasteiger partial charge in [0.25, 0.3) is 0 Å². The first-order valence-corrected chi connectivity index (χ1v) is 5.77. The second-order valence-corrected chi connectivity index (χ2v) is 4.60. The van der Waals surface area contributed by atoms with E-state index in [0.717, 1.165) is 38.8 Å². The average molecular weight is 212 g/mol. The monoisotopic (exact) mass is 212 g/mol. The van der Waals surface area contributed by atoms with Crippen LogP contribution in [0.4, 0.5) is 0 Å². The number of carbonyl (C=O) groups is 1. The molecule has 1 spiro atoms. The van der Waals surface area contributed by atoms with Crippen LogP contribution < -0.4 is 5.32 Å². The Bertz CT molecular complexity index is 251. The quantitative estimate of drug-likeness (QED) is 0.683. The van der Waals surface area contributed by atoms with E-state index in [1.54, 1.807) is 7.11 Å². The van der Waals surface area contributed by atoms with Crippen LogP contribution in [-0.2, 0) is 9.53 Å². The lowest BCUT2D eigenvalue weighted by atomic mass is 10.2. The number of nitrogens with one attached hydrogen (secondary N) is 1. The zero-order valence-corrected chi connectivity index (χ0v) is 9.58. The van der Waals surface area contributed by atoms with Gasteiger partial charge in [-0.25, -0.2) is 0 Å². The Balaban J connectivity index is 1.79. The van der Waals surface area contributed by atoms with Crippen molar-refractivity contribution in [2.45, 2.75) is 44.3 Å². The molecule has 2 rings (SSSR count). The molecule has 4 nitrogen and oxygen atoms in total. The lowest BCUT2D eigenvalue weighted by Crippen LogP contribution is -2.35. The number of rotatable bonds is 5. The number of hydrogen-bond donors (Lipinski definition) is 1. The molecule has 0 aromatic rings. The smallest absolute Gasteiger partial charge is 0.244 e. The number of unbranched alkanes of at least 4 members (excludes halogenated alkanes) is 1. The molecule has 1 aliphatic heterocycles. The molecule has 0 aromatic heterocycles. The normalized spacial score (nSPS) is 27.7. The van der Waals surface area contributed by atoms with Crippen LogP contribution >= 0.6 is 0 Å². The molecule has 0 radical (unpaired) electrons. The predicted molar refractivity (Wildman–Crippen MR) is 57.4 cm³/mol. The minimum atomic E-state index is -0.152. The van der Waals surface area contributed by atoms with Gasteiger partial charge in [0.1, 0.15) is 0 Å². The van der Waals surface area contributed by atoms with Crippen molar-refractivity contribution in [3.8, 4) is 0 Å². The van der Waals surface area contributed by atoms with Gasteiger partial charge in [-0.2, -0.15) is 0 Å². The third-order valence-corrected chi connectivity index (χ3v) is 3.37. The van der Waals surface area contributed by atoms with Crippen LogP contribution in [0.2, 0.25) is 0 Å². The molecule has 0 aromatic carbocycles. The molecular formula is C11H20N2O2. The van der Waals surface area contributed by atoms with Gasteiger partial charge in [-0.1, -0.05) is 0 Å². The summed E-state index contributed by atoms with van der Waals surface area (Å²) >= 11 is 0. The van der Waals surface area contributed by atoms with Crippen LogP contribution in [-0.4, -0.2) is 42.8 Å². The van der Waals surface area contributed by atoms with E-state index >= 15 is 0 Å². The van der Waals surface area contributed by atoms with Crippen molar-refractivity contribution in [2.24, 2.45) is 0 Å². The van der Waals surface area contributed by atoms with Crippen LogP contribution in [0.3, 0.4) is 0 Å². The summed E-state index contributed by atoms with van der Waals surface area (Å²) in [6, 6.07) is 0. The number of ether oxygens (including phenoxy) is 1. The van der Waals surface area contributed by atoms with Crippen molar-refractivity contribution in [1.29, 1.82) is 0 Å². The molecule has 1 aliphatic carbocycles. The highest BCUT2D eigenvalue weighted by atomic mass is 16.5. The summed E-state index contributed by atoms with van der Waals surface area (Å²) in [6.07, 6.45) is 4.31. The van der Waals surface area contributed by atoms with Crippen molar-refractivity contribution < 1.29 is 9.53 Å². The van der Waals surface area contributed by atoms with E-state index in [2.05, 4.69) is 12.2 Å². The Morgan fingerprint density at radius 3 is 2.80 bits per heavy atom. The Hall–Kier alpha value is -0.610. The van der Waals surface area contributed by atoms with Gasteiger partial charge >= 0.3 is 0 Å². The van der Waals surface area contributed by atoms with Crippen LogP contribution in [0.5, 0.6) is 0 Å². The van der Waals surface area contributed by atoms with E-state index in [9.17, 15) is 4.79 Å². The minimum absolute atomic E-state index is 0.152. The molecule has 15 heavy (non-hydrogen) atoms. The largest absolute Gasteiger partial charge is 0.385 e. The third kappa shape index (κ3) is 2.01. The molecule has 2 fully saturated rings. The van der Waals surface area contributed by atoms with Crippen molar-refractivity contribution >= 4 is 5.91 Å². The van der Waals surface area contributed by atoms with E-state index in [1.165, 1.54) is 0 Å². The van der Waals surface area contributed by atoms with E-state index in [-0.39, 0.29) is 11.7 Å². The summed E-state index contributed by atoms with van der Waals surface area (Å²) < 4.78 is 4.99. The number of hydrogen-bond acceptors (Lipinski definition) is 3. The second-order valence-electron chi connectivity index (χ2n) is 4.60. The molecule has 1 saturated carbocycles. The third-order valence-electron chi connectivity index (χ3n) is 3.37. The summed E-state index contributed by atoms with van der Waals surface area (Å²) in [5, 5.41) is 3.39. The van der Waals surface area contributed by atoms with E-state index in [4.69, 9.17) is 4.74 Å². The summed E-state index contributed by atoms with van der Waals surface area (Å²) in [5.74, 6) is 0.312. The molecule has 2 aliphatic rings. The summed E-state index contributed by atoms with van der Waals surface area (Å²) in [7, 11) is 1.71. The molecule has 1 saturated heterocycles. The number of nitrogens with zero attached hydrogens (tertiary/aromatic N) is 1. The van der Waals surface area contributed by atoms with E-state index in [1.807, 2.05) is 4.90 Å². The molecular weight excluding hydrogens is 192 g/mol. The summed E-state index contributed by atoms with van der Waals surface area (Å²) in [4.78, 5) is 14.0. The fourth-order valence-corrected chi connectivity index (χ4v) is 2.30. The SMILES string of the molecule is COCCCCN1C(=O)C2(CC2)NC1C. The van der Waals surface area contributed by atoms with Gasteiger partial charge in [0.15, 0.2) is 0 Å². The minimum Gasteiger partial charge on any atom is -0.385 e. The summed E-state index contributed by atoms with van der Waals surface area (Å²) in [6.45, 7) is 3.72. The maximum absolute atomic E-state index is 12.0. The molecule has 1 heterocycles. The van der Waals surface area contributed by atoms with Crippen LogP contribution in [0.15, 0.2) is 0 Å². The van der Waals surface area contributed by atoms with Crippen molar-refractivity contribution in [1.82, 2.24) is 10.2 Å². The highest BCUT2D eigenvalue weighted by molar-refractivity contribution is 5.91. The Morgan fingerprint density at radius 2 is 2.27 bits per heavy atom. The second kappa shape index (κ2) is 4.10. The highest BCUT2D eigenvalue weighted by Crippen LogP contribution is 2.41. The van der Waals surface area contributed by atoms with Crippen LogP contribution in [0.25, 0.3) is 0 Å². The molecule has 86 valence electrons. The maximum Gasteiger partial charge on any atom is 0.244 e. The van der Waals surface area contributed by atoms with Gasteiger partial charge in [-0.3, -0.25) is 10.1 Å². The van der Waals surface area contributed by atoms with Gasteiger partial charge in [-0.05, 0) is 32.6 Å². The molecule has 1 amide bonds. The molecule has 1 N–H and O–H groups in total. The van der Waals surface area contributed by atoms with Gasteiger partial charge in [-0.15, -0.1) is 0 Å². The first kappa shape index (κ1) is 10.9. The molecule has 0 bridgehead atoms. The Labute approximate surface area is 91.0 Å². The first-order chi connectivity index (χ1) is 7.19. The molecule has 1 atom stereocenters. The van der Waals surface area contributed by atoms with Crippen molar-refractivity contribution in [3.63, 3.8) is 0 Å². The zero-order chi connectivity index (χ0) is 10.9. The van der Waals surface area contributed by atoms with Gasteiger partial charge < -0.3 is 9.64 Å². The standard InChI is InChI=1S/C11H20N2O2/c1-9-12-11(5-6-11)10(14)13(9)7-3-4-8-15-2/h9,12H,3-8H2,1-2H3. The van der Waals surface area contributed by atoms with Gasteiger partial charge in [0.05, 0.1) is 11.7 Å². The molecule has 1 unspecified atom stereocenters. The number of methoxy groups -OCH3 is 1. The molecule has 4 heteroatoms. The lowest BCUT2D eigenvalue weighted by Gasteiger charge is -2.20. The van der Waals surface area contributed by atoms with Gasteiger partial charge in [0, 0.05) is 20.3 Å². The predicted octanol–water partition coefficient (Wildman–Crippen LogP) is 0.723. The Kier molecular flexibility index (Phi) is 2.98. The fraction of sp³-hybridized carbons (Fsp3) is 0.909. The van der Waals surface area contributed by atoms with Crippen molar-refractivity contribution in [3.05, 3.63) is 0 Å². The maximum atomic E-state index is 12.0. The highest BCUT2D eigenvalue weighted by Gasteiger charge is 2.57. The van der Waals surface area contributed by atoms with Crippen LogP contribution in [0, 0.1) is 0 Å². The fourth-order valence-electron chi connectivity index (χ4n) is 2.30. The van der Waals surface area contributed by atoms with E-state index in [0.29, 0.717) is 5.91 Å². The topological polar surface area (TPSA) is 41.6 Å². The number of carbonyl (C=O) groups excluding carboxylic acids is 1. The Morgan fingerprint density at radius 1 is 1.53 bits per heavy atom. The zero-order valence-electron chi connectivity index (χ0n) is 9.58. The number of amides is 1. The van der Waals surface area contributed by atoms with E-state index < -0.39 is 0 Å². The first-order valence-electron chi connectivity index (χ1n) is 5.77. The summed E-state index contributed by atoms with van der Waals surface area (Å²) in [5.41, 5.74) is -0.152. The average Bonchev–Trinajstić information content (AvgIpc) is 2.93.